The van der Waals surface area contributed by atoms with Crippen LogP contribution in [0.3, 0.4) is 0 Å². The van der Waals surface area contributed by atoms with E-state index in [1.165, 1.54) is 7.11 Å². The van der Waals surface area contributed by atoms with Crippen LogP contribution in [0.15, 0.2) is 18.2 Å². The van der Waals surface area contributed by atoms with Gasteiger partial charge in [0.05, 0.1) is 20.8 Å². The maximum Gasteiger partial charge on any atom is 0.277 e. The number of nitrogens with zero attached hydrogens (tertiary/aromatic N) is 1. The minimum atomic E-state index is -0.235. The number of unbranched alkanes of at least 4 members (excludes halogenated alkanes) is 1. The van der Waals surface area contributed by atoms with Gasteiger partial charge in [-0.1, -0.05) is 13.3 Å². The quantitative estimate of drug-likeness (QED) is 0.562. The highest BCUT2D eigenvalue weighted by molar-refractivity contribution is 5.94. The summed E-state index contributed by atoms with van der Waals surface area (Å²) in [4.78, 5) is 16.8. The molecule has 0 aromatic heterocycles. The Morgan fingerprint density at radius 1 is 1.26 bits per heavy atom. The van der Waals surface area contributed by atoms with E-state index in [1.54, 1.807) is 32.4 Å². The monoisotopic (exact) mass is 267 g/mol. The van der Waals surface area contributed by atoms with Gasteiger partial charge in [-0.3, -0.25) is 9.63 Å². The molecule has 0 heterocycles. The van der Waals surface area contributed by atoms with Crippen molar-refractivity contribution in [3.8, 4) is 11.5 Å². The zero-order valence-electron chi connectivity index (χ0n) is 11.9. The van der Waals surface area contributed by atoms with Crippen LogP contribution in [0.5, 0.6) is 11.5 Å². The first-order valence-electron chi connectivity index (χ1n) is 6.27. The Kier molecular flexibility index (Phi) is 6.15. The van der Waals surface area contributed by atoms with Crippen molar-refractivity contribution in [1.82, 2.24) is 5.06 Å². The largest absolute Gasteiger partial charge is 0.493 e. The molecular formula is C14H21NO4. The van der Waals surface area contributed by atoms with Crippen molar-refractivity contribution in [2.75, 3.05) is 27.9 Å². The zero-order valence-corrected chi connectivity index (χ0v) is 11.9. The third-order valence-corrected chi connectivity index (χ3v) is 2.73. The molecule has 0 fully saturated rings. The van der Waals surface area contributed by atoms with Crippen LogP contribution in [0.2, 0.25) is 0 Å². The highest BCUT2D eigenvalue weighted by Crippen LogP contribution is 2.28. The van der Waals surface area contributed by atoms with Crippen LogP contribution in [-0.2, 0) is 4.84 Å². The summed E-state index contributed by atoms with van der Waals surface area (Å²) in [6, 6.07) is 5.09. The van der Waals surface area contributed by atoms with Gasteiger partial charge in [-0.2, -0.15) is 0 Å². The van der Waals surface area contributed by atoms with Crippen molar-refractivity contribution in [3.05, 3.63) is 23.8 Å². The number of amides is 1. The summed E-state index contributed by atoms with van der Waals surface area (Å²) in [5, 5.41) is 1.16. The Bertz CT molecular complexity index is 420. The summed E-state index contributed by atoms with van der Waals surface area (Å²) in [6.45, 7) is 2.74. The predicted octanol–water partition coefficient (Wildman–Crippen LogP) is 2.51. The van der Waals surface area contributed by atoms with Gasteiger partial charge in [0, 0.05) is 12.6 Å². The number of carbonyl (C=O) groups is 1. The predicted molar refractivity (Wildman–Crippen MR) is 72.5 cm³/mol. The number of benzene rings is 1. The second kappa shape index (κ2) is 7.63. The van der Waals surface area contributed by atoms with Crippen molar-refractivity contribution >= 4 is 5.91 Å². The molecular weight excluding hydrogens is 246 g/mol. The molecule has 0 bridgehead atoms. The van der Waals surface area contributed by atoms with Crippen LogP contribution >= 0.6 is 0 Å². The van der Waals surface area contributed by atoms with Crippen molar-refractivity contribution in [2.45, 2.75) is 19.8 Å². The van der Waals surface area contributed by atoms with Crippen LogP contribution in [0.4, 0.5) is 0 Å². The summed E-state index contributed by atoms with van der Waals surface area (Å²) < 4.78 is 10.9. The molecule has 106 valence electrons. The van der Waals surface area contributed by atoms with Gasteiger partial charge >= 0.3 is 0 Å². The van der Waals surface area contributed by atoms with Gasteiger partial charge in [0.1, 0.15) is 0 Å². The number of ether oxygens (including phenoxy) is 2. The molecule has 0 unspecified atom stereocenters. The fourth-order valence-electron chi connectivity index (χ4n) is 1.51. The average molecular weight is 267 g/mol. The Labute approximate surface area is 114 Å². The molecule has 0 N–H and O–H groups in total. The molecule has 5 nitrogen and oxygen atoms in total. The Morgan fingerprint density at radius 3 is 2.58 bits per heavy atom. The Morgan fingerprint density at radius 2 is 2.00 bits per heavy atom. The first kappa shape index (κ1) is 15.3. The molecule has 0 saturated carbocycles. The summed E-state index contributed by atoms with van der Waals surface area (Å²) in [5.41, 5.74) is 0.490. The molecule has 1 aromatic rings. The van der Waals surface area contributed by atoms with Gasteiger partial charge in [0.2, 0.25) is 0 Å². The highest BCUT2D eigenvalue weighted by atomic mass is 16.7. The van der Waals surface area contributed by atoms with E-state index in [0.717, 1.165) is 17.9 Å². The fraction of sp³-hybridized carbons (Fsp3) is 0.500. The van der Waals surface area contributed by atoms with E-state index < -0.39 is 0 Å². The number of hydroxylamine groups is 2. The highest BCUT2D eigenvalue weighted by Gasteiger charge is 2.14. The van der Waals surface area contributed by atoms with Crippen LogP contribution in [0.1, 0.15) is 30.1 Å². The first-order valence-corrected chi connectivity index (χ1v) is 6.27. The number of carbonyl (C=O) groups excluding carboxylic acids is 1. The molecule has 0 aliphatic heterocycles. The lowest BCUT2D eigenvalue weighted by Crippen LogP contribution is -2.25. The van der Waals surface area contributed by atoms with Gasteiger partial charge in [-0.15, -0.1) is 0 Å². The van der Waals surface area contributed by atoms with Crippen LogP contribution < -0.4 is 9.47 Å². The molecule has 0 aliphatic rings. The molecule has 19 heavy (non-hydrogen) atoms. The smallest absolute Gasteiger partial charge is 0.277 e. The summed E-state index contributed by atoms with van der Waals surface area (Å²) in [5.74, 6) is 0.958. The normalized spacial score (nSPS) is 10.1. The SMILES string of the molecule is CCCCOc1ccc(C(=O)N(C)OC)cc1OC. The topological polar surface area (TPSA) is 48.0 Å². The fourth-order valence-corrected chi connectivity index (χ4v) is 1.51. The van der Waals surface area contributed by atoms with E-state index in [4.69, 9.17) is 14.3 Å². The standard InChI is InChI=1S/C14H21NO4/c1-5-6-9-19-12-8-7-11(10-13(12)17-3)14(16)15(2)18-4/h7-8,10H,5-6,9H2,1-4H3. The van der Waals surface area contributed by atoms with Gasteiger partial charge in [-0.25, -0.2) is 5.06 Å². The van der Waals surface area contributed by atoms with Crippen LogP contribution in [0.25, 0.3) is 0 Å². The van der Waals surface area contributed by atoms with Crippen molar-refractivity contribution < 1.29 is 19.1 Å². The molecule has 1 rings (SSSR count). The molecule has 0 radical (unpaired) electrons. The number of rotatable bonds is 7. The van der Waals surface area contributed by atoms with Gasteiger partial charge in [0.15, 0.2) is 11.5 Å². The average Bonchev–Trinajstić information content (AvgIpc) is 2.46. The second-order valence-corrected chi connectivity index (χ2v) is 4.05. The first-order chi connectivity index (χ1) is 9.13. The number of hydrogen-bond donors (Lipinski definition) is 0. The minimum absolute atomic E-state index is 0.235. The van der Waals surface area contributed by atoms with Crippen molar-refractivity contribution in [2.24, 2.45) is 0 Å². The van der Waals surface area contributed by atoms with Crippen molar-refractivity contribution in [3.63, 3.8) is 0 Å². The maximum absolute atomic E-state index is 11.9. The Balaban J connectivity index is 2.86. The van der Waals surface area contributed by atoms with Gasteiger partial charge in [-0.05, 0) is 24.6 Å². The van der Waals surface area contributed by atoms with E-state index in [9.17, 15) is 4.79 Å². The molecule has 0 spiro atoms. The third kappa shape index (κ3) is 4.13. The number of methoxy groups -OCH3 is 1. The lowest BCUT2D eigenvalue weighted by Gasteiger charge is -2.15. The van der Waals surface area contributed by atoms with Crippen LogP contribution in [0, 0.1) is 0 Å². The zero-order chi connectivity index (χ0) is 14.3. The molecule has 1 aromatic carbocycles. The summed E-state index contributed by atoms with van der Waals surface area (Å²) in [6.07, 6.45) is 2.05. The molecule has 0 atom stereocenters. The second-order valence-electron chi connectivity index (χ2n) is 4.05. The Hall–Kier alpha value is -1.75. The minimum Gasteiger partial charge on any atom is -0.493 e. The van der Waals surface area contributed by atoms with E-state index in [-0.39, 0.29) is 5.91 Å². The molecule has 1 amide bonds. The molecule has 0 aliphatic carbocycles. The summed E-state index contributed by atoms with van der Waals surface area (Å²) in [7, 11) is 4.55. The van der Waals surface area contributed by atoms with Gasteiger partial charge < -0.3 is 9.47 Å². The lowest BCUT2D eigenvalue weighted by atomic mass is 10.2. The van der Waals surface area contributed by atoms with E-state index in [1.807, 2.05) is 0 Å². The lowest BCUT2D eigenvalue weighted by molar-refractivity contribution is -0.0757. The van der Waals surface area contributed by atoms with Gasteiger partial charge in [0.25, 0.3) is 5.91 Å². The number of hydrogen-bond acceptors (Lipinski definition) is 4. The maximum atomic E-state index is 11.9. The molecule has 0 saturated heterocycles. The van der Waals surface area contributed by atoms with E-state index in [2.05, 4.69) is 6.92 Å². The van der Waals surface area contributed by atoms with E-state index >= 15 is 0 Å². The molecule has 5 heteroatoms. The van der Waals surface area contributed by atoms with E-state index in [0.29, 0.717) is 23.7 Å². The summed E-state index contributed by atoms with van der Waals surface area (Å²) >= 11 is 0. The van der Waals surface area contributed by atoms with Crippen LogP contribution in [-0.4, -0.2) is 38.8 Å². The third-order valence-electron chi connectivity index (χ3n) is 2.73. The van der Waals surface area contributed by atoms with Crippen molar-refractivity contribution in [1.29, 1.82) is 0 Å².